The van der Waals surface area contributed by atoms with Crippen molar-refractivity contribution in [2.24, 2.45) is 5.73 Å². The van der Waals surface area contributed by atoms with Crippen LogP contribution < -0.4 is 10.5 Å². The summed E-state index contributed by atoms with van der Waals surface area (Å²) in [6.07, 6.45) is 2.05. The van der Waals surface area contributed by atoms with Gasteiger partial charge in [0.15, 0.2) is 0 Å². The van der Waals surface area contributed by atoms with Crippen LogP contribution in [-0.2, 0) is 0 Å². The van der Waals surface area contributed by atoms with E-state index in [1.54, 1.807) is 0 Å². The van der Waals surface area contributed by atoms with Gasteiger partial charge >= 0.3 is 0 Å². The third-order valence-corrected chi connectivity index (χ3v) is 2.84. The normalized spacial score (nSPS) is 12.5. The highest BCUT2D eigenvalue weighted by Crippen LogP contribution is 2.29. The fraction of sp³-hybridized carbons (Fsp3) is 0.455. The molecule has 1 aromatic carbocycles. The highest BCUT2D eigenvalue weighted by molar-refractivity contribution is 9.10. The Morgan fingerprint density at radius 2 is 2.27 bits per heavy atom. The monoisotopic (exact) mass is 291 g/mol. The molecule has 1 rings (SSSR count). The first-order valence-electron chi connectivity index (χ1n) is 4.95. The van der Waals surface area contributed by atoms with Gasteiger partial charge in [0, 0.05) is 4.47 Å². The van der Waals surface area contributed by atoms with Crippen molar-refractivity contribution < 1.29 is 4.74 Å². The van der Waals surface area contributed by atoms with Crippen molar-refractivity contribution in [3.8, 4) is 5.75 Å². The molecule has 2 nitrogen and oxygen atoms in total. The predicted molar refractivity (Wildman–Crippen MR) is 67.5 cm³/mol. The molecule has 1 aromatic rings. The Morgan fingerprint density at radius 1 is 1.53 bits per heavy atom. The SMILES string of the molecule is CC(CCCN)Oc1cc(Br)ccc1Cl. The lowest BCUT2D eigenvalue weighted by atomic mass is 10.2. The van der Waals surface area contributed by atoms with E-state index in [4.69, 9.17) is 22.1 Å². The summed E-state index contributed by atoms with van der Waals surface area (Å²) < 4.78 is 6.68. The van der Waals surface area contributed by atoms with Crippen LogP contribution in [0.15, 0.2) is 22.7 Å². The van der Waals surface area contributed by atoms with Crippen molar-refractivity contribution in [2.45, 2.75) is 25.9 Å². The second-order valence-electron chi connectivity index (χ2n) is 3.43. The van der Waals surface area contributed by atoms with Crippen LogP contribution in [0.1, 0.15) is 19.8 Å². The number of rotatable bonds is 5. The first-order valence-corrected chi connectivity index (χ1v) is 6.12. The van der Waals surface area contributed by atoms with Gasteiger partial charge in [-0.2, -0.15) is 0 Å². The van der Waals surface area contributed by atoms with Crippen molar-refractivity contribution >= 4 is 27.5 Å². The van der Waals surface area contributed by atoms with Gasteiger partial charge in [0.25, 0.3) is 0 Å². The lowest BCUT2D eigenvalue weighted by Crippen LogP contribution is -2.14. The summed E-state index contributed by atoms with van der Waals surface area (Å²) in [7, 11) is 0. The van der Waals surface area contributed by atoms with Crippen LogP contribution in [0.5, 0.6) is 5.75 Å². The van der Waals surface area contributed by atoms with Crippen LogP contribution in [0.3, 0.4) is 0 Å². The standard InChI is InChI=1S/C11H15BrClNO/c1-8(3-2-6-14)15-11-7-9(12)4-5-10(11)13/h4-5,7-8H,2-3,6,14H2,1H3. The van der Waals surface area contributed by atoms with Crippen molar-refractivity contribution in [1.29, 1.82) is 0 Å². The summed E-state index contributed by atoms with van der Waals surface area (Å²) in [4.78, 5) is 0. The summed E-state index contributed by atoms with van der Waals surface area (Å²) in [5.41, 5.74) is 5.44. The average Bonchev–Trinajstić information content (AvgIpc) is 2.20. The molecule has 1 atom stereocenters. The number of benzene rings is 1. The molecule has 84 valence electrons. The molecule has 0 aliphatic carbocycles. The number of halogens is 2. The Hall–Kier alpha value is -0.250. The van der Waals surface area contributed by atoms with Crippen LogP contribution in [0.2, 0.25) is 5.02 Å². The quantitative estimate of drug-likeness (QED) is 0.900. The molecule has 0 spiro atoms. The van der Waals surface area contributed by atoms with Gasteiger partial charge in [-0.3, -0.25) is 0 Å². The lowest BCUT2D eigenvalue weighted by Gasteiger charge is -2.15. The molecule has 0 heterocycles. The second kappa shape index (κ2) is 6.36. The van der Waals surface area contributed by atoms with Crippen LogP contribution >= 0.6 is 27.5 Å². The number of ether oxygens (including phenoxy) is 1. The molecule has 0 fully saturated rings. The number of hydrogen-bond donors (Lipinski definition) is 1. The minimum Gasteiger partial charge on any atom is -0.489 e. The Labute approximate surface area is 104 Å². The molecule has 0 amide bonds. The first kappa shape index (κ1) is 12.8. The van der Waals surface area contributed by atoms with E-state index in [9.17, 15) is 0 Å². The fourth-order valence-corrected chi connectivity index (χ4v) is 1.75. The fourth-order valence-electron chi connectivity index (χ4n) is 1.25. The Bertz CT molecular complexity index is 319. The molecule has 0 aliphatic heterocycles. The predicted octanol–water partition coefficient (Wildman–Crippen LogP) is 3.61. The minimum atomic E-state index is 0.139. The number of nitrogens with two attached hydrogens (primary N) is 1. The molecule has 1 unspecified atom stereocenters. The van der Waals surface area contributed by atoms with E-state index in [-0.39, 0.29) is 6.10 Å². The molecule has 0 saturated carbocycles. The molecule has 0 bridgehead atoms. The van der Waals surface area contributed by atoms with E-state index in [2.05, 4.69) is 15.9 Å². The Kier molecular flexibility index (Phi) is 5.43. The summed E-state index contributed by atoms with van der Waals surface area (Å²) in [6.45, 7) is 2.72. The Balaban J connectivity index is 2.59. The van der Waals surface area contributed by atoms with E-state index in [1.165, 1.54) is 0 Å². The zero-order valence-electron chi connectivity index (χ0n) is 8.67. The molecule has 0 aromatic heterocycles. The third kappa shape index (κ3) is 4.41. The van der Waals surface area contributed by atoms with Gasteiger partial charge in [0.1, 0.15) is 5.75 Å². The molecule has 0 radical (unpaired) electrons. The zero-order chi connectivity index (χ0) is 11.3. The molecular weight excluding hydrogens is 277 g/mol. The van der Waals surface area contributed by atoms with E-state index in [1.807, 2.05) is 25.1 Å². The van der Waals surface area contributed by atoms with Crippen LogP contribution in [0.4, 0.5) is 0 Å². The van der Waals surface area contributed by atoms with Gasteiger partial charge in [-0.15, -0.1) is 0 Å². The lowest BCUT2D eigenvalue weighted by molar-refractivity contribution is 0.209. The molecule has 15 heavy (non-hydrogen) atoms. The van der Waals surface area contributed by atoms with E-state index in [0.29, 0.717) is 11.6 Å². The largest absolute Gasteiger partial charge is 0.489 e. The second-order valence-corrected chi connectivity index (χ2v) is 4.76. The molecule has 0 aliphatic rings. The summed E-state index contributed by atoms with van der Waals surface area (Å²) in [5, 5.41) is 0.637. The van der Waals surface area contributed by atoms with Crippen molar-refractivity contribution in [1.82, 2.24) is 0 Å². The smallest absolute Gasteiger partial charge is 0.139 e. The van der Waals surface area contributed by atoms with Gasteiger partial charge in [0.2, 0.25) is 0 Å². The van der Waals surface area contributed by atoms with Gasteiger partial charge in [-0.05, 0) is 44.5 Å². The number of hydrogen-bond acceptors (Lipinski definition) is 2. The van der Waals surface area contributed by atoms with E-state index < -0.39 is 0 Å². The van der Waals surface area contributed by atoms with Crippen LogP contribution in [-0.4, -0.2) is 12.6 Å². The third-order valence-electron chi connectivity index (χ3n) is 2.04. The zero-order valence-corrected chi connectivity index (χ0v) is 11.0. The first-order chi connectivity index (χ1) is 7.13. The summed E-state index contributed by atoms with van der Waals surface area (Å²) in [5.74, 6) is 0.718. The maximum atomic E-state index is 6.00. The van der Waals surface area contributed by atoms with Crippen molar-refractivity contribution in [3.63, 3.8) is 0 Å². The maximum absolute atomic E-state index is 6.00. The molecule has 0 saturated heterocycles. The summed E-state index contributed by atoms with van der Waals surface area (Å²) in [6, 6.07) is 5.58. The van der Waals surface area contributed by atoms with E-state index in [0.717, 1.165) is 23.1 Å². The molecular formula is C11H15BrClNO. The minimum absolute atomic E-state index is 0.139. The van der Waals surface area contributed by atoms with Gasteiger partial charge in [-0.1, -0.05) is 27.5 Å². The van der Waals surface area contributed by atoms with E-state index >= 15 is 0 Å². The van der Waals surface area contributed by atoms with Crippen LogP contribution in [0.25, 0.3) is 0 Å². The van der Waals surface area contributed by atoms with Crippen molar-refractivity contribution in [2.75, 3.05) is 6.54 Å². The molecule has 4 heteroatoms. The Morgan fingerprint density at radius 3 is 2.93 bits per heavy atom. The average molecular weight is 293 g/mol. The highest BCUT2D eigenvalue weighted by Gasteiger charge is 2.07. The van der Waals surface area contributed by atoms with Crippen molar-refractivity contribution in [3.05, 3.63) is 27.7 Å². The molecule has 2 N–H and O–H groups in total. The highest BCUT2D eigenvalue weighted by atomic mass is 79.9. The van der Waals surface area contributed by atoms with Gasteiger partial charge in [0.05, 0.1) is 11.1 Å². The van der Waals surface area contributed by atoms with Gasteiger partial charge in [-0.25, -0.2) is 0 Å². The topological polar surface area (TPSA) is 35.2 Å². The maximum Gasteiger partial charge on any atom is 0.139 e. The van der Waals surface area contributed by atoms with Crippen LogP contribution in [0, 0.1) is 0 Å². The summed E-state index contributed by atoms with van der Waals surface area (Å²) >= 11 is 9.38. The van der Waals surface area contributed by atoms with Gasteiger partial charge < -0.3 is 10.5 Å².